The van der Waals surface area contributed by atoms with Gasteiger partial charge in [0.25, 0.3) is 0 Å². The number of aliphatic hydroxyl groups excluding tert-OH is 1. The van der Waals surface area contributed by atoms with Crippen LogP contribution >= 0.6 is 0 Å². The second-order valence-electron chi connectivity index (χ2n) is 4.83. The van der Waals surface area contributed by atoms with Crippen molar-refractivity contribution in [2.45, 2.75) is 18.6 Å². The predicted octanol–water partition coefficient (Wildman–Crippen LogP) is 1.84. The SMILES string of the molecule is Oc1cc(C2Oc3ccccc3CC2O)cc(O)c1O. The van der Waals surface area contributed by atoms with Gasteiger partial charge in [-0.1, -0.05) is 18.2 Å². The molecule has 0 radical (unpaired) electrons. The van der Waals surface area contributed by atoms with Gasteiger partial charge in [-0.3, -0.25) is 0 Å². The number of ether oxygens (including phenoxy) is 1. The molecule has 0 spiro atoms. The molecule has 2 atom stereocenters. The largest absolute Gasteiger partial charge is 0.504 e. The number of hydrogen-bond donors (Lipinski definition) is 4. The van der Waals surface area contributed by atoms with E-state index in [1.807, 2.05) is 18.2 Å². The number of hydrogen-bond acceptors (Lipinski definition) is 5. The Morgan fingerprint density at radius 1 is 1.00 bits per heavy atom. The zero-order valence-electron chi connectivity index (χ0n) is 10.5. The first-order chi connectivity index (χ1) is 9.56. The van der Waals surface area contributed by atoms with Gasteiger partial charge in [-0.15, -0.1) is 0 Å². The van der Waals surface area contributed by atoms with Crippen LogP contribution in [0.15, 0.2) is 36.4 Å². The number of para-hydroxylation sites is 1. The Bertz CT molecular complexity index is 629. The van der Waals surface area contributed by atoms with E-state index in [0.717, 1.165) is 5.56 Å². The summed E-state index contributed by atoms with van der Waals surface area (Å²) < 4.78 is 5.73. The summed E-state index contributed by atoms with van der Waals surface area (Å²) in [6.45, 7) is 0. The molecule has 5 nitrogen and oxygen atoms in total. The maximum absolute atomic E-state index is 10.2. The quantitative estimate of drug-likeness (QED) is 0.596. The summed E-state index contributed by atoms with van der Waals surface area (Å²) in [4.78, 5) is 0. The highest BCUT2D eigenvalue weighted by Gasteiger charge is 2.30. The van der Waals surface area contributed by atoms with Crippen molar-refractivity contribution in [3.8, 4) is 23.0 Å². The molecular formula is C15H14O5. The first kappa shape index (κ1) is 12.6. The Balaban J connectivity index is 1.99. The molecular weight excluding hydrogens is 260 g/mol. The molecule has 0 saturated heterocycles. The van der Waals surface area contributed by atoms with Crippen molar-refractivity contribution in [2.24, 2.45) is 0 Å². The summed E-state index contributed by atoms with van der Waals surface area (Å²) in [5.74, 6) is -0.821. The van der Waals surface area contributed by atoms with Crippen molar-refractivity contribution < 1.29 is 25.2 Å². The van der Waals surface area contributed by atoms with Gasteiger partial charge in [-0.2, -0.15) is 0 Å². The van der Waals surface area contributed by atoms with Gasteiger partial charge in [0.2, 0.25) is 0 Å². The fourth-order valence-electron chi connectivity index (χ4n) is 2.41. The van der Waals surface area contributed by atoms with Crippen molar-refractivity contribution in [3.05, 3.63) is 47.5 Å². The van der Waals surface area contributed by atoms with Crippen LogP contribution in [0.25, 0.3) is 0 Å². The standard InChI is InChI=1S/C15H14O5/c16-10-6-9(7-11(17)14(10)19)15-12(18)5-8-3-1-2-4-13(8)20-15/h1-4,6-7,12,15-19H,5H2. The summed E-state index contributed by atoms with van der Waals surface area (Å²) >= 11 is 0. The zero-order chi connectivity index (χ0) is 14.3. The molecule has 0 saturated carbocycles. The predicted molar refractivity (Wildman–Crippen MR) is 71.0 cm³/mol. The first-order valence-corrected chi connectivity index (χ1v) is 6.23. The number of phenolic OH excluding ortho intramolecular Hbond substituents is 3. The van der Waals surface area contributed by atoms with Crippen molar-refractivity contribution in [3.63, 3.8) is 0 Å². The van der Waals surface area contributed by atoms with Gasteiger partial charge in [-0.05, 0) is 23.8 Å². The Morgan fingerprint density at radius 3 is 2.35 bits per heavy atom. The van der Waals surface area contributed by atoms with Gasteiger partial charge in [0.05, 0.1) is 6.10 Å². The minimum absolute atomic E-state index is 0.403. The summed E-state index contributed by atoms with van der Waals surface area (Å²) in [5, 5.41) is 38.6. The third-order valence-electron chi connectivity index (χ3n) is 3.43. The van der Waals surface area contributed by atoms with Gasteiger partial charge in [-0.25, -0.2) is 0 Å². The molecule has 0 amide bonds. The van der Waals surface area contributed by atoms with Crippen LogP contribution < -0.4 is 4.74 Å². The number of benzene rings is 2. The Morgan fingerprint density at radius 2 is 1.65 bits per heavy atom. The molecule has 5 heteroatoms. The van der Waals surface area contributed by atoms with E-state index in [-0.39, 0.29) is 0 Å². The molecule has 1 heterocycles. The van der Waals surface area contributed by atoms with Crippen LogP contribution in [0.3, 0.4) is 0 Å². The summed E-state index contributed by atoms with van der Waals surface area (Å²) in [6.07, 6.45) is -1.08. The van der Waals surface area contributed by atoms with Crippen molar-refractivity contribution in [1.29, 1.82) is 0 Å². The third kappa shape index (κ3) is 2.02. The molecule has 0 aliphatic carbocycles. The maximum Gasteiger partial charge on any atom is 0.200 e. The van der Waals surface area contributed by atoms with Gasteiger partial charge >= 0.3 is 0 Å². The van der Waals surface area contributed by atoms with E-state index in [0.29, 0.717) is 17.7 Å². The molecule has 2 aromatic carbocycles. The van der Waals surface area contributed by atoms with Gasteiger partial charge in [0.1, 0.15) is 5.75 Å². The van der Waals surface area contributed by atoms with E-state index in [2.05, 4.69) is 0 Å². The molecule has 104 valence electrons. The highest BCUT2D eigenvalue weighted by molar-refractivity contribution is 5.52. The highest BCUT2D eigenvalue weighted by atomic mass is 16.5. The lowest BCUT2D eigenvalue weighted by atomic mass is 9.94. The lowest BCUT2D eigenvalue weighted by molar-refractivity contribution is 0.0206. The van der Waals surface area contributed by atoms with Crippen LogP contribution in [-0.4, -0.2) is 26.5 Å². The molecule has 1 aliphatic rings. The second kappa shape index (κ2) is 4.61. The average Bonchev–Trinajstić information content (AvgIpc) is 2.43. The minimum atomic E-state index is -0.798. The van der Waals surface area contributed by atoms with E-state index >= 15 is 0 Å². The van der Waals surface area contributed by atoms with E-state index in [1.165, 1.54) is 12.1 Å². The van der Waals surface area contributed by atoms with Crippen LogP contribution in [0.2, 0.25) is 0 Å². The molecule has 3 rings (SSSR count). The molecule has 1 aliphatic heterocycles. The van der Waals surface area contributed by atoms with E-state index in [4.69, 9.17) is 4.74 Å². The molecule has 0 aromatic heterocycles. The van der Waals surface area contributed by atoms with Gasteiger partial charge < -0.3 is 25.2 Å². The number of fused-ring (bicyclic) bond motifs is 1. The monoisotopic (exact) mass is 274 g/mol. The summed E-state index contributed by atoms with van der Waals surface area (Å²) in [6, 6.07) is 9.93. The molecule has 4 N–H and O–H groups in total. The fourth-order valence-corrected chi connectivity index (χ4v) is 2.41. The number of phenols is 3. The van der Waals surface area contributed by atoms with Crippen LogP contribution in [0.1, 0.15) is 17.2 Å². The van der Waals surface area contributed by atoms with Crippen molar-refractivity contribution in [2.75, 3.05) is 0 Å². The molecule has 2 unspecified atom stereocenters. The molecule has 20 heavy (non-hydrogen) atoms. The molecule has 0 fully saturated rings. The van der Waals surface area contributed by atoms with Crippen molar-refractivity contribution >= 4 is 0 Å². The van der Waals surface area contributed by atoms with E-state index < -0.39 is 29.5 Å². The average molecular weight is 274 g/mol. The Kier molecular flexibility index (Phi) is 2.91. The van der Waals surface area contributed by atoms with Crippen LogP contribution in [-0.2, 0) is 6.42 Å². The first-order valence-electron chi connectivity index (χ1n) is 6.23. The van der Waals surface area contributed by atoms with Crippen molar-refractivity contribution in [1.82, 2.24) is 0 Å². The zero-order valence-corrected chi connectivity index (χ0v) is 10.5. The van der Waals surface area contributed by atoms with E-state index in [9.17, 15) is 20.4 Å². The minimum Gasteiger partial charge on any atom is -0.504 e. The summed E-state index contributed by atoms with van der Waals surface area (Å²) in [7, 11) is 0. The van der Waals surface area contributed by atoms with Crippen LogP contribution in [0.4, 0.5) is 0 Å². The topological polar surface area (TPSA) is 90.2 Å². The molecule has 0 bridgehead atoms. The summed E-state index contributed by atoms with van der Waals surface area (Å²) in [5.41, 5.74) is 1.31. The highest BCUT2D eigenvalue weighted by Crippen LogP contribution is 2.41. The fraction of sp³-hybridized carbons (Fsp3) is 0.200. The van der Waals surface area contributed by atoms with Crippen LogP contribution in [0.5, 0.6) is 23.0 Å². The number of aromatic hydroxyl groups is 3. The van der Waals surface area contributed by atoms with E-state index in [1.54, 1.807) is 6.07 Å². The van der Waals surface area contributed by atoms with Crippen LogP contribution in [0, 0.1) is 0 Å². The second-order valence-corrected chi connectivity index (χ2v) is 4.83. The Labute approximate surface area is 115 Å². The molecule has 2 aromatic rings. The number of rotatable bonds is 1. The maximum atomic E-state index is 10.2. The lowest BCUT2D eigenvalue weighted by Gasteiger charge is -2.31. The Hall–Kier alpha value is -2.40. The van der Waals surface area contributed by atoms with Gasteiger partial charge in [0.15, 0.2) is 23.4 Å². The number of aliphatic hydroxyl groups is 1. The van der Waals surface area contributed by atoms with Gasteiger partial charge in [0, 0.05) is 12.0 Å². The smallest absolute Gasteiger partial charge is 0.200 e. The third-order valence-corrected chi connectivity index (χ3v) is 3.43. The lowest BCUT2D eigenvalue weighted by Crippen LogP contribution is -2.30. The normalized spacial score (nSPS) is 21.1.